The quantitative estimate of drug-likeness (QED) is 0.858. The largest absolute Gasteiger partial charge is 0.496 e. The molecule has 1 aliphatic carbocycles. The van der Waals surface area contributed by atoms with Crippen LogP contribution in [-0.4, -0.2) is 35.2 Å². The number of aliphatic hydroxyl groups is 1. The number of carbonyl (C=O) groups excluding carboxylic acids is 1. The highest BCUT2D eigenvalue weighted by Crippen LogP contribution is 2.49. The van der Waals surface area contributed by atoms with Crippen molar-refractivity contribution >= 4 is 5.91 Å². The van der Waals surface area contributed by atoms with Gasteiger partial charge in [0.25, 0.3) is 5.91 Å². The van der Waals surface area contributed by atoms with Gasteiger partial charge in [-0.25, -0.2) is 4.39 Å². The van der Waals surface area contributed by atoms with Gasteiger partial charge in [0.15, 0.2) is 0 Å². The lowest BCUT2D eigenvalue weighted by Gasteiger charge is -2.52. The Balaban J connectivity index is 1.76. The molecule has 5 heteroatoms. The molecule has 2 aromatic carbocycles. The van der Waals surface area contributed by atoms with E-state index < -0.39 is 5.60 Å². The van der Waals surface area contributed by atoms with Gasteiger partial charge in [-0.05, 0) is 49.1 Å². The number of amides is 1. The zero-order chi connectivity index (χ0) is 19.7. The van der Waals surface area contributed by atoms with Crippen LogP contribution in [0.3, 0.4) is 0 Å². The molecule has 4 nitrogen and oxygen atoms in total. The van der Waals surface area contributed by atoms with Gasteiger partial charge in [-0.1, -0.05) is 37.1 Å². The first kappa shape index (κ1) is 18.9. The molecule has 3 atom stereocenters. The molecule has 2 aliphatic rings. The summed E-state index contributed by atoms with van der Waals surface area (Å²) in [7, 11) is 1.56. The summed E-state index contributed by atoms with van der Waals surface area (Å²) in [6, 6.07) is 13.3. The minimum atomic E-state index is -0.769. The highest BCUT2D eigenvalue weighted by atomic mass is 19.1. The molecule has 1 saturated carbocycles. The smallest absolute Gasteiger partial charge is 0.258 e. The molecule has 0 unspecified atom stereocenters. The maximum Gasteiger partial charge on any atom is 0.258 e. The van der Waals surface area contributed by atoms with Gasteiger partial charge in [-0.15, -0.1) is 0 Å². The van der Waals surface area contributed by atoms with Crippen molar-refractivity contribution in [1.29, 1.82) is 0 Å². The number of ether oxygens (including phenoxy) is 1. The third-order valence-corrected chi connectivity index (χ3v) is 6.38. The SMILES string of the molecule is COc1ccccc1C(=O)N1CC[C@]2(O)CCCC[C@@H]2[C@@H]1c1ccc(F)cc1. The summed E-state index contributed by atoms with van der Waals surface area (Å²) in [5.74, 6) is 0.0643. The van der Waals surface area contributed by atoms with Gasteiger partial charge in [-0.3, -0.25) is 4.79 Å². The summed E-state index contributed by atoms with van der Waals surface area (Å²) in [5.41, 5.74) is 0.613. The summed E-state index contributed by atoms with van der Waals surface area (Å²) < 4.78 is 18.9. The minimum Gasteiger partial charge on any atom is -0.496 e. The second kappa shape index (κ2) is 7.55. The van der Waals surface area contributed by atoms with Crippen LogP contribution in [0.15, 0.2) is 48.5 Å². The first-order valence-corrected chi connectivity index (χ1v) is 9.95. The van der Waals surface area contributed by atoms with E-state index in [1.165, 1.54) is 12.1 Å². The van der Waals surface area contributed by atoms with Gasteiger partial charge in [-0.2, -0.15) is 0 Å². The van der Waals surface area contributed by atoms with Crippen LogP contribution in [0.5, 0.6) is 5.75 Å². The molecule has 2 fully saturated rings. The highest BCUT2D eigenvalue weighted by Gasteiger charge is 2.50. The average Bonchev–Trinajstić information content (AvgIpc) is 2.72. The molecule has 0 radical (unpaired) electrons. The molecule has 148 valence electrons. The topological polar surface area (TPSA) is 49.8 Å². The van der Waals surface area contributed by atoms with Gasteiger partial charge < -0.3 is 14.7 Å². The van der Waals surface area contributed by atoms with Gasteiger partial charge in [0.1, 0.15) is 11.6 Å². The zero-order valence-corrected chi connectivity index (χ0v) is 16.1. The number of rotatable bonds is 3. The number of hydrogen-bond acceptors (Lipinski definition) is 3. The van der Waals surface area contributed by atoms with E-state index in [1.54, 1.807) is 31.4 Å². The van der Waals surface area contributed by atoms with Crippen LogP contribution < -0.4 is 4.74 Å². The van der Waals surface area contributed by atoms with Gasteiger partial charge in [0.05, 0.1) is 24.3 Å². The highest BCUT2D eigenvalue weighted by molar-refractivity contribution is 5.97. The predicted octanol–water partition coefficient (Wildman–Crippen LogP) is 4.34. The number of para-hydroxylation sites is 1. The molecular formula is C23H26FNO3. The van der Waals surface area contributed by atoms with Crippen molar-refractivity contribution in [1.82, 2.24) is 4.90 Å². The molecule has 0 bridgehead atoms. The predicted molar refractivity (Wildman–Crippen MR) is 105 cm³/mol. The van der Waals surface area contributed by atoms with E-state index in [9.17, 15) is 14.3 Å². The van der Waals surface area contributed by atoms with Crippen molar-refractivity contribution in [2.45, 2.75) is 43.7 Å². The Morgan fingerprint density at radius 3 is 2.64 bits per heavy atom. The molecule has 28 heavy (non-hydrogen) atoms. The molecule has 0 aromatic heterocycles. The Morgan fingerprint density at radius 2 is 1.89 bits per heavy atom. The summed E-state index contributed by atoms with van der Waals surface area (Å²) in [5, 5.41) is 11.3. The van der Waals surface area contributed by atoms with Crippen molar-refractivity contribution in [2.24, 2.45) is 5.92 Å². The lowest BCUT2D eigenvalue weighted by molar-refractivity contribution is -0.115. The fourth-order valence-corrected chi connectivity index (χ4v) is 4.96. The number of carbonyl (C=O) groups is 1. The van der Waals surface area contributed by atoms with Crippen LogP contribution in [0.2, 0.25) is 0 Å². The van der Waals surface area contributed by atoms with Gasteiger partial charge in [0, 0.05) is 12.5 Å². The van der Waals surface area contributed by atoms with Crippen LogP contribution in [0, 0.1) is 11.7 Å². The van der Waals surface area contributed by atoms with E-state index in [0.29, 0.717) is 24.3 Å². The van der Waals surface area contributed by atoms with Crippen LogP contribution in [0.4, 0.5) is 4.39 Å². The normalized spacial score (nSPS) is 27.2. The van der Waals surface area contributed by atoms with E-state index >= 15 is 0 Å². The lowest BCUT2D eigenvalue weighted by Crippen LogP contribution is -2.56. The Morgan fingerprint density at radius 1 is 1.14 bits per heavy atom. The Hall–Kier alpha value is -2.40. The second-order valence-corrected chi connectivity index (χ2v) is 7.90. The number of piperidine rings is 1. The standard InChI is InChI=1S/C23H26FNO3/c1-28-20-8-3-2-6-18(20)22(26)25-15-14-23(27)13-5-4-7-19(23)21(25)16-9-11-17(24)12-10-16/h2-3,6,8-12,19,21,27H,4-5,7,13-15H2,1H3/t19-,21+,23-/m1/s1. The maximum absolute atomic E-state index is 13.5. The van der Waals surface area contributed by atoms with E-state index in [0.717, 1.165) is 31.2 Å². The zero-order valence-electron chi connectivity index (χ0n) is 16.1. The molecule has 1 N–H and O–H groups in total. The second-order valence-electron chi connectivity index (χ2n) is 7.90. The molecular weight excluding hydrogens is 357 g/mol. The number of methoxy groups -OCH3 is 1. The van der Waals surface area contributed by atoms with Gasteiger partial charge in [0.2, 0.25) is 0 Å². The number of fused-ring (bicyclic) bond motifs is 1. The van der Waals surface area contributed by atoms with Crippen molar-refractivity contribution in [3.8, 4) is 5.75 Å². The van der Waals surface area contributed by atoms with E-state index in [4.69, 9.17) is 4.74 Å². The maximum atomic E-state index is 13.5. The Bertz CT molecular complexity index is 853. The molecule has 2 aromatic rings. The van der Waals surface area contributed by atoms with Crippen molar-refractivity contribution in [3.63, 3.8) is 0 Å². The minimum absolute atomic E-state index is 0.0564. The van der Waals surface area contributed by atoms with Crippen molar-refractivity contribution < 1.29 is 19.0 Å². The molecule has 1 saturated heterocycles. The third kappa shape index (κ3) is 3.28. The monoisotopic (exact) mass is 383 g/mol. The molecule has 1 amide bonds. The van der Waals surface area contributed by atoms with Crippen LogP contribution >= 0.6 is 0 Å². The number of hydrogen-bond donors (Lipinski definition) is 1. The number of likely N-dealkylation sites (tertiary alicyclic amines) is 1. The van der Waals surface area contributed by atoms with Gasteiger partial charge >= 0.3 is 0 Å². The fraction of sp³-hybridized carbons (Fsp3) is 0.435. The summed E-state index contributed by atoms with van der Waals surface area (Å²) in [6.45, 7) is 0.464. The fourth-order valence-electron chi connectivity index (χ4n) is 4.96. The Kier molecular flexibility index (Phi) is 5.11. The number of halogens is 1. The van der Waals surface area contributed by atoms with E-state index in [2.05, 4.69) is 0 Å². The first-order valence-electron chi connectivity index (χ1n) is 9.95. The van der Waals surface area contributed by atoms with E-state index in [1.807, 2.05) is 17.0 Å². The first-order chi connectivity index (χ1) is 13.5. The van der Waals surface area contributed by atoms with Crippen LogP contribution in [0.25, 0.3) is 0 Å². The average molecular weight is 383 g/mol. The lowest BCUT2D eigenvalue weighted by atomic mass is 9.66. The van der Waals surface area contributed by atoms with Crippen molar-refractivity contribution in [2.75, 3.05) is 13.7 Å². The molecule has 0 spiro atoms. The van der Waals surface area contributed by atoms with Crippen molar-refractivity contribution in [3.05, 3.63) is 65.5 Å². The third-order valence-electron chi connectivity index (χ3n) is 6.38. The summed E-state index contributed by atoms with van der Waals surface area (Å²) in [6.07, 6.45) is 4.21. The molecule has 1 heterocycles. The summed E-state index contributed by atoms with van der Waals surface area (Å²) >= 11 is 0. The number of nitrogens with zero attached hydrogens (tertiary/aromatic N) is 1. The molecule has 4 rings (SSSR count). The van der Waals surface area contributed by atoms with Crippen LogP contribution in [-0.2, 0) is 0 Å². The Labute approximate surface area is 164 Å². The molecule has 1 aliphatic heterocycles. The summed E-state index contributed by atoms with van der Waals surface area (Å²) in [4.78, 5) is 15.3. The van der Waals surface area contributed by atoms with Crippen LogP contribution in [0.1, 0.15) is 54.1 Å². The number of benzene rings is 2. The van der Waals surface area contributed by atoms with E-state index in [-0.39, 0.29) is 23.7 Å².